The van der Waals surface area contributed by atoms with Crippen LogP contribution in [-0.2, 0) is 0 Å². The summed E-state index contributed by atoms with van der Waals surface area (Å²) in [6.07, 6.45) is 0. The molecule has 0 bridgehead atoms. The second-order valence-corrected chi connectivity index (χ2v) is 9.34. The maximum atomic E-state index is 16.4. The quantitative estimate of drug-likeness (QED) is 0.229. The van der Waals surface area contributed by atoms with Crippen LogP contribution in [0.5, 0.6) is 0 Å². The van der Waals surface area contributed by atoms with E-state index >= 15 is 4.39 Å². The van der Waals surface area contributed by atoms with Gasteiger partial charge in [0.25, 0.3) is 0 Å². The van der Waals surface area contributed by atoms with Crippen molar-refractivity contribution in [3.63, 3.8) is 0 Å². The normalized spacial score (nSPS) is 11.0. The highest BCUT2D eigenvalue weighted by molar-refractivity contribution is 5.90. The second-order valence-electron chi connectivity index (χ2n) is 9.34. The van der Waals surface area contributed by atoms with Crippen LogP contribution < -0.4 is 4.90 Å². The minimum atomic E-state index is -0.400. The van der Waals surface area contributed by atoms with Crippen molar-refractivity contribution in [3.05, 3.63) is 145 Å². The highest BCUT2D eigenvalue weighted by Gasteiger charge is 2.20. The zero-order valence-electron chi connectivity index (χ0n) is 20.9. The van der Waals surface area contributed by atoms with Gasteiger partial charge in [0.05, 0.1) is 11.4 Å². The number of para-hydroxylation sites is 1. The van der Waals surface area contributed by atoms with Gasteiger partial charge in [0.15, 0.2) is 5.82 Å². The lowest BCUT2D eigenvalue weighted by Gasteiger charge is -2.23. The molecule has 0 spiro atoms. The SMILES string of the molecule is CN(c1ccccc1F)c1ccc(-c2ccccc2)c(-c2ccc(-c3ccc4ccccc4c3)cc2)c1F. The van der Waals surface area contributed by atoms with Gasteiger partial charge in [-0.2, -0.15) is 0 Å². The smallest absolute Gasteiger partial charge is 0.155 e. The molecule has 0 radical (unpaired) electrons. The molecular formula is C35H25F2N. The van der Waals surface area contributed by atoms with Crippen molar-refractivity contribution in [2.75, 3.05) is 11.9 Å². The molecule has 0 N–H and O–H groups in total. The van der Waals surface area contributed by atoms with Crippen molar-refractivity contribution >= 4 is 22.1 Å². The first-order valence-corrected chi connectivity index (χ1v) is 12.6. The molecule has 0 heterocycles. The van der Waals surface area contributed by atoms with E-state index in [-0.39, 0.29) is 0 Å². The first-order chi connectivity index (χ1) is 18.6. The Morgan fingerprint density at radius 2 is 1.11 bits per heavy atom. The molecule has 0 unspecified atom stereocenters. The number of rotatable bonds is 5. The minimum Gasteiger partial charge on any atom is -0.340 e. The molecule has 0 saturated carbocycles. The van der Waals surface area contributed by atoms with E-state index in [0.717, 1.165) is 27.8 Å². The van der Waals surface area contributed by atoms with E-state index in [0.29, 0.717) is 16.9 Å². The summed E-state index contributed by atoms with van der Waals surface area (Å²) >= 11 is 0. The summed E-state index contributed by atoms with van der Waals surface area (Å²) in [5.74, 6) is -0.793. The molecule has 6 aromatic carbocycles. The number of hydrogen-bond donors (Lipinski definition) is 0. The van der Waals surface area contributed by atoms with Gasteiger partial charge in [0, 0.05) is 12.6 Å². The molecule has 0 aliphatic carbocycles. The summed E-state index contributed by atoms with van der Waals surface area (Å²) in [7, 11) is 1.69. The minimum absolute atomic E-state index is 0.309. The summed E-state index contributed by atoms with van der Waals surface area (Å²) < 4.78 is 31.0. The van der Waals surface area contributed by atoms with Gasteiger partial charge in [0.1, 0.15) is 5.82 Å². The van der Waals surface area contributed by atoms with Gasteiger partial charge in [0.2, 0.25) is 0 Å². The fraction of sp³-hybridized carbons (Fsp3) is 0.0286. The van der Waals surface area contributed by atoms with Crippen LogP contribution in [0, 0.1) is 11.6 Å². The van der Waals surface area contributed by atoms with Gasteiger partial charge < -0.3 is 4.90 Å². The number of halogens is 2. The Morgan fingerprint density at radius 3 is 1.87 bits per heavy atom. The summed E-state index contributed by atoms with van der Waals surface area (Å²) in [6, 6.07) is 42.5. The van der Waals surface area contributed by atoms with Crippen molar-refractivity contribution in [2.24, 2.45) is 0 Å². The van der Waals surface area contributed by atoms with E-state index in [1.165, 1.54) is 16.8 Å². The zero-order chi connectivity index (χ0) is 26.1. The monoisotopic (exact) mass is 497 g/mol. The largest absolute Gasteiger partial charge is 0.340 e. The third-order valence-corrected chi connectivity index (χ3v) is 7.04. The van der Waals surface area contributed by atoms with E-state index in [1.807, 2.05) is 72.8 Å². The van der Waals surface area contributed by atoms with Gasteiger partial charge in [-0.1, -0.05) is 109 Å². The van der Waals surface area contributed by atoms with Gasteiger partial charge in [-0.15, -0.1) is 0 Å². The molecule has 0 aliphatic rings. The van der Waals surface area contributed by atoms with Crippen LogP contribution in [-0.4, -0.2) is 7.05 Å². The third-order valence-electron chi connectivity index (χ3n) is 7.04. The molecular weight excluding hydrogens is 472 g/mol. The first-order valence-electron chi connectivity index (χ1n) is 12.6. The molecule has 0 saturated heterocycles. The van der Waals surface area contributed by atoms with E-state index in [4.69, 9.17) is 0 Å². The molecule has 38 heavy (non-hydrogen) atoms. The molecule has 0 fully saturated rings. The van der Waals surface area contributed by atoms with Crippen LogP contribution >= 0.6 is 0 Å². The second kappa shape index (κ2) is 9.95. The van der Waals surface area contributed by atoms with E-state index < -0.39 is 11.6 Å². The Morgan fingerprint density at radius 1 is 0.474 bits per heavy atom. The average molecular weight is 498 g/mol. The summed E-state index contributed by atoms with van der Waals surface area (Å²) in [4.78, 5) is 1.56. The molecule has 0 aromatic heterocycles. The number of fused-ring (bicyclic) bond motifs is 1. The molecule has 0 amide bonds. The number of hydrogen-bond acceptors (Lipinski definition) is 1. The van der Waals surface area contributed by atoms with Gasteiger partial charge in [-0.25, -0.2) is 8.78 Å². The van der Waals surface area contributed by atoms with Crippen molar-refractivity contribution < 1.29 is 8.78 Å². The lowest BCUT2D eigenvalue weighted by Crippen LogP contribution is -2.13. The topological polar surface area (TPSA) is 3.24 Å². The Kier molecular flexibility index (Phi) is 6.19. The number of nitrogens with zero attached hydrogens (tertiary/aromatic N) is 1. The number of benzene rings is 6. The Labute approximate surface area is 221 Å². The lowest BCUT2D eigenvalue weighted by atomic mass is 9.91. The zero-order valence-corrected chi connectivity index (χ0v) is 20.9. The van der Waals surface area contributed by atoms with Crippen LogP contribution in [0.3, 0.4) is 0 Å². The highest BCUT2D eigenvalue weighted by atomic mass is 19.1. The Bertz CT molecular complexity index is 1740. The number of anilines is 2. The van der Waals surface area contributed by atoms with Gasteiger partial charge >= 0.3 is 0 Å². The van der Waals surface area contributed by atoms with Gasteiger partial charge in [-0.05, 0) is 62.9 Å². The van der Waals surface area contributed by atoms with Crippen LogP contribution in [0.25, 0.3) is 44.2 Å². The molecule has 0 atom stereocenters. The average Bonchev–Trinajstić information content (AvgIpc) is 2.97. The van der Waals surface area contributed by atoms with Crippen molar-refractivity contribution in [2.45, 2.75) is 0 Å². The Hall–Kier alpha value is -4.76. The van der Waals surface area contributed by atoms with Crippen molar-refractivity contribution in [3.8, 4) is 33.4 Å². The fourth-order valence-corrected chi connectivity index (χ4v) is 5.02. The lowest BCUT2D eigenvalue weighted by molar-refractivity contribution is 0.619. The first kappa shape index (κ1) is 23.6. The highest BCUT2D eigenvalue weighted by Crippen LogP contribution is 2.41. The summed E-state index contributed by atoms with van der Waals surface area (Å²) in [5.41, 5.74) is 5.73. The predicted octanol–water partition coefficient (Wildman–Crippen LogP) is 9.89. The van der Waals surface area contributed by atoms with Crippen LogP contribution in [0.4, 0.5) is 20.2 Å². The molecule has 6 aromatic rings. The maximum absolute atomic E-state index is 16.4. The Balaban J connectivity index is 1.47. The standard InChI is InChI=1S/C35H25F2N/c1-38(32-14-8-7-13-31(32)36)33-22-21-30(26-10-3-2-4-11-26)34(35(33)37)27-18-15-25(16-19-27)29-20-17-24-9-5-6-12-28(24)23-29/h2-23H,1H3. The maximum Gasteiger partial charge on any atom is 0.155 e. The van der Waals surface area contributed by atoms with E-state index in [1.54, 1.807) is 36.2 Å². The van der Waals surface area contributed by atoms with Crippen molar-refractivity contribution in [1.82, 2.24) is 0 Å². The molecule has 6 rings (SSSR count). The molecule has 0 aliphatic heterocycles. The van der Waals surface area contributed by atoms with Crippen LogP contribution in [0.2, 0.25) is 0 Å². The summed E-state index contributed by atoms with van der Waals surface area (Å²) in [5, 5.41) is 2.37. The summed E-state index contributed by atoms with van der Waals surface area (Å²) in [6.45, 7) is 0. The van der Waals surface area contributed by atoms with E-state index in [2.05, 4.69) is 30.3 Å². The third kappa shape index (κ3) is 4.33. The molecule has 1 nitrogen and oxygen atoms in total. The van der Waals surface area contributed by atoms with Crippen LogP contribution in [0.15, 0.2) is 133 Å². The van der Waals surface area contributed by atoms with Crippen LogP contribution in [0.1, 0.15) is 0 Å². The fourth-order valence-electron chi connectivity index (χ4n) is 5.02. The predicted molar refractivity (Wildman–Crippen MR) is 155 cm³/mol. The van der Waals surface area contributed by atoms with Crippen molar-refractivity contribution in [1.29, 1.82) is 0 Å². The van der Waals surface area contributed by atoms with Gasteiger partial charge in [-0.3, -0.25) is 0 Å². The van der Waals surface area contributed by atoms with E-state index in [9.17, 15) is 4.39 Å². The molecule has 184 valence electrons. The molecule has 3 heteroatoms.